The van der Waals surface area contributed by atoms with Crippen molar-refractivity contribution in [3.8, 4) is 0 Å². The molecule has 2 aliphatic rings. The molecule has 1 aliphatic carbocycles. The molecule has 1 saturated heterocycles. The summed E-state index contributed by atoms with van der Waals surface area (Å²) >= 11 is 0. The maximum absolute atomic E-state index is 9.98. The maximum atomic E-state index is 9.98. The van der Waals surface area contributed by atoms with Crippen LogP contribution in [0, 0.1) is 5.92 Å². The van der Waals surface area contributed by atoms with Crippen molar-refractivity contribution in [3.05, 3.63) is 0 Å². The van der Waals surface area contributed by atoms with E-state index < -0.39 is 0 Å². The van der Waals surface area contributed by atoms with Crippen LogP contribution in [0.5, 0.6) is 0 Å². The monoisotopic (exact) mass is 254 g/mol. The van der Waals surface area contributed by atoms with E-state index in [0.717, 1.165) is 31.5 Å². The van der Waals surface area contributed by atoms with Gasteiger partial charge in [0.05, 0.1) is 6.10 Å². The van der Waals surface area contributed by atoms with Gasteiger partial charge in [0, 0.05) is 25.2 Å². The summed E-state index contributed by atoms with van der Waals surface area (Å²) in [5.41, 5.74) is 0. The fourth-order valence-corrected chi connectivity index (χ4v) is 3.90. The Hall–Kier alpha value is -0.120. The first kappa shape index (κ1) is 14.3. The number of aliphatic hydroxyl groups excluding tert-OH is 1. The van der Waals surface area contributed by atoms with Gasteiger partial charge >= 0.3 is 0 Å². The molecule has 0 aromatic rings. The van der Waals surface area contributed by atoms with E-state index in [0.29, 0.717) is 6.04 Å². The summed E-state index contributed by atoms with van der Waals surface area (Å²) in [7, 11) is 4.27. The van der Waals surface area contributed by atoms with Crippen LogP contribution >= 0.6 is 0 Å². The Morgan fingerprint density at radius 1 is 1.22 bits per heavy atom. The fourth-order valence-electron chi connectivity index (χ4n) is 3.90. The third kappa shape index (κ3) is 3.46. The molecule has 18 heavy (non-hydrogen) atoms. The smallest absolute Gasteiger partial charge is 0.0682 e. The molecule has 3 heteroatoms. The van der Waals surface area contributed by atoms with Crippen molar-refractivity contribution in [2.45, 2.75) is 63.6 Å². The zero-order valence-corrected chi connectivity index (χ0v) is 12.3. The van der Waals surface area contributed by atoms with Crippen molar-refractivity contribution in [3.63, 3.8) is 0 Å². The normalized spacial score (nSPS) is 38.5. The average Bonchev–Trinajstić information content (AvgIpc) is 2.69. The molecule has 1 heterocycles. The van der Waals surface area contributed by atoms with E-state index >= 15 is 0 Å². The molecule has 2 rings (SSSR count). The Balaban J connectivity index is 1.96. The van der Waals surface area contributed by atoms with Gasteiger partial charge in [0.15, 0.2) is 0 Å². The predicted octanol–water partition coefficient (Wildman–Crippen LogP) is 1.95. The lowest BCUT2D eigenvalue weighted by Gasteiger charge is -2.39. The molecule has 0 spiro atoms. The van der Waals surface area contributed by atoms with Crippen LogP contribution in [-0.2, 0) is 0 Å². The van der Waals surface area contributed by atoms with E-state index in [4.69, 9.17) is 0 Å². The van der Waals surface area contributed by atoms with Gasteiger partial charge in [-0.1, -0.05) is 26.2 Å². The van der Waals surface area contributed by atoms with Crippen LogP contribution in [0.1, 0.15) is 45.4 Å². The molecular weight excluding hydrogens is 224 g/mol. The lowest BCUT2D eigenvalue weighted by molar-refractivity contribution is 0.0932. The third-order valence-corrected chi connectivity index (χ3v) is 4.81. The second-order valence-electron chi connectivity index (χ2n) is 6.60. The number of rotatable bonds is 4. The Labute approximate surface area is 112 Å². The van der Waals surface area contributed by atoms with E-state index in [1.807, 2.05) is 0 Å². The molecule has 106 valence electrons. The summed E-state index contributed by atoms with van der Waals surface area (Å²) in [6.07, 6.45) is 7.68. The molecule has 1 N–H and O–H groups in total. The van der Waals surface area contributed by atoms with E-state index in [1.54, 1.807) is 0 Å². The van der Waals surface area contributed by atoms with Gasteiger partial charge in [-0.3, -0.25) is 4.90 Å². The van der Waals surface area contributed by atoms with Gasteiger partial charge in [-0.05, 0) is 39.3 Å². The highest BCUT2D eigenvalue weighted by atomic mass is 16.3. The highest BCUT2D eigenvalue weighted by molar-refractivity contribution is 4.92. The van der Waals surface area contributed by atoms with Crippen LogP contribution in [0.2, 0.25) is 0 Å². The first-order valence-electron chi connectivity index (χ1n) is 7.68. The summed E-state index contributed by atoms with van der Waals surface area (Å²) < 4.78 is 0. The lowest BCUT2D eigenvalue weighted by atomic mass is 9.83. The van der Waals surface area contributed by atoms with Crippen molar-refractivity contribution in [1.82, 2.24) is 9.80 Å². The maximum Gasteiger partial charge on any atom is 0.0682 e. The Kier molecular flexibility index (Phi) is 5.05. The van der Waals surface area contributed by atoms with Gasteiger partial charge in [-0.2, -0.15) is 0 Å². The Morgan fingerprint density at radius 3 is 2.67 bits per heavy atom. The van der Waals surface area contributed by atoms with Crippen molar-refractivity contribution >= 4 is 0 Å². The molecule has 1 aliphatic heterocycles. The van der Waals surface area contributed by atoms with Crippen LogP contribution in [0.3, 0.4) is 0 Å². The summed E-state index contributed by atoms with van der Waals surface area (Å²) in [5, 5.41) is 9.98. The minimum atomic E-state index is -0.100. The van der Waals surface area contributed by atoms with Crippen molar-refractivity contribution in [2.75, 3.05) is 27.2 Å². The standard InChI is InChI=1S/C15H30N2O/c1-4-12-6-5-7-13(8-12)17-11-15(18)9-14(17)10-16(2)3/h12-15,18H,4-11H2,1-3H3. The molecular formula is C15H30N2O. The molecule has 4 atom stereocenters. The van der Waals surface area contributed by atoms with Gasteiger partial charge in [0.25, 0.3) is 0 Å². The molecule has 0 aromatic heterocycles. The molecule has 1 saturated carbocycles. The number of hydrogen-bond donors (Lipinski definition) is 1. The average molecular weight is 254 g/mol. The number of β-amino-alcohol motifs (C(OH)–C–C–N with tert-alkyl or cyclic N) is 1. The van der Waals surface area contributed by atoms with Crippen molar-refractivity contribution < 1.29 is 5.11 Å². The summed E-state index contributed by atoms with van der Waals surface area (Å²) in [6.45, 7) is 4.31. The predicted molar refractivity (Wildman–Crippen MR) is 75.7 cm³/mol. The topological polar surface area (TPSA) is 26.7 Å². The number of likely N-dealkylation sites (tertiary alicyclic amines) is 1. The molecule has 3 nitrogen and oxygen atoms in total. The minimum Gasteiger partial charge on any atom is -0.392 e. The molecule has 4 unspecified atom stereocenters. The van der Waals surface area contributed by atoms with Crippen LogP contribution < -0.4 is 0 Å². The summed E-state index contributed by atoms with van der Waals surface area (Å²) in [5.74, 6) is 0.918. The molecule has 2 fully saturated rings. The third-order valence-electron chi connectivity index (χ3n) is 4.81. The van der Waals surface area contributed by atoms with E-state index in [-0.39, 0.29) is 6.10 Å². The number of likely N-dealkylation sites (N-methyl/N-ethyl adjacent to an activating group) is 1. The van der Waals surface area contributed by atoms with Crippen LogP contribution in [0.4, 0.5) is 0 Å². The Morgan fingerprint density at radius 2 is 2.00 bits per heavy atom. The van der Waals surface area contributed by atoms with Gasteiger partial charge in [0.1, 0.15) is 0 Å². The highest BCUT2D eigenvalue weighted by Crippen LogP contribution is 2.33. The first-order chi connectivity index (χ1) is 8.60. The second kappa shape index (κ2) is 6.36. The zero-order chi connectivity index (χ0) is 13.1. The van der Waals surface area contributed by atoms with Crippen LogP contribution in [-0.4, -0.2) is 60.3 Å². The number of aliphatic hydroxyl groups is 1. The zero-order valence-electron chi connectivity index (χ0n) is 12.3. The number of hydrogen-bond acceptors (Lipinski definition) is 3. The molecule has 0 bridgehead atoms. The number of nitrogens with zero attached hydrogens (tertiary/aromatic N) is 2. The second-order valence-corrected chi connectivity index (χ2v) is 6.60. The summed E-state index contributed by atoms with van der Waals surface area (Å²) in [6, 6.07) is 1.29. The largest absolute Gasteiger partial charge is 0.392 e. The van der Waals surface area contributed by atoms with Gasteiger partial charge in [0.2, 0.25) is 0 Å². The van der Waals surface area contributed by atoms with Crippen molar-refractivity contribution in [1.29, 1.82) is 0 Å². The fraction of sp³-hybridized carbons (Fsp3) is 1.00. The van der Waals surface area contributed by atoms with Crippen LogP contribution in [0.15, 0.2) is 0 Å². The Bertz CT molecular complexity index is 257. The van der Waals surface area contributed by atoms with Gasteiger partial charge in [-0.15, -0.1) is 0 Å². The lowest BCUT2D eigenvalue weighted by Crippen LogP contribution is -2.45. The minimum absolute atomic E-state index is 0.100. The van der Waals surface area contributed by atoms with Gasteiger partial charge < -0.3 is 10.0 Å². The summed E-state index contributed by atoms with van der Waals surface area (Å²) in [4.78, 5) is 4.88. The van der Waals surface area contributed by atoms with Crippen LogP contribution in [0.25, 0.3) is 0 Å². The van der Waals surface area contributed by atoms with E-state index in [2.05, 4.69) is 30.8 Å². The van der Waals surface area contributed by atoms with Gasteiger partial charge in [-0.25, -0.2) is 0 Å². The molecule has 0 amide bonds. The van der Waals surface area contributed by atoms with Crippen molar-refractivity contribution in [2.24, 2.45) is 5.92 Å². The molecule has 0 aromatic carbocycles. The SMILES string of the molecule is CCC1CCCC(N2CC(O)CC2CN(C)C)C1. The van der Waals surface area contributed by atoms with E-state index in [9.17, 15) is 5.11 Å². The first-order valence-corrected chi connectivity index (χ1v) is 7.68. The molecule has 0 radical (unpaired) electrons. The highest BCUT2D eigenvalue weighted by Gasteiger charge is 2.37. The quantitative estimate of drug-likeness (QED) is 0.831. The van der Waals surface area contributed by atoms with E-state index in [1.165, 1.54) is 32.1 Å².